The van der Waals surface area contributed by atoms with Crippen molar-refractivity contribution in [2.45, 2.75) is 9.92 Å². The summed E-state index contributed by atoms with van der Waals surface area (Å²) < 4.78 is 5.39. The summed E-state index contributed by atoms with van der Waals surface area (Å²) in [6.07, 6.45) is 1.59. The summed E-state index contributed by atoms with van der Waals surface area (Å²) in [4.78, 5) is 5.69. The molecule has 0 fully saturated rings. The summed E-state index contributed by atoms with van der Waals surface area (Å²) in [6.45, 7) is 0. The monoisotopic (exact) mass is 365 g/mol. The Labute approximate surface area is 153 Å². The predicted molar refractivity (Wildman–Crippen MR) is 98.5 cm³/mol. The van der Waals surface area contributed by atoms with Crippen LogP contribution in [0.25, 0.3) is 22.8 Å². The average molecular weight is 366 g/mol. The summed E-state index contributed by atoms with van der Waals surface area (Å²) in [7, 11) is 0. The van der Waals surface area contributed by atoms with Crippen molar-refractivity contribution in [1.29, 1.82) is 0 Å². The lowest BCUT2D eigenvalue weighted by molar-refractivity contribution is 0.574. The van der Waals surface area contributed by atoms with Crippen LogP contribution in [0.1, 0.15) is 0 Å². The van der Waals surface area contributed by atoms with Crippen LogP contribution >= 0.6 is 23.4 Å². The van der Waals surface area contributed by atoms with Gasteiger partial charge in [-0.15, -0.1) is 10.2 Å². The summed E-state index contributed by atoms with van der Waals surface area (Å²) in [5.41, 5.74) is 1.70. The van der Waals surface area contributed by atoms with Gasteiger partial charge in [-0.3, -0.25) is 0 Å². The van der Waals surface area contributed by atoms with E-state index >= 15 is 0 Å². The molecule has 0 spiro atoms. The molecule has 0 aliphatic rings. The van der Waals surface area contributed by atoms with Crippen LogP contribution in [0.5, 0.6) is 0 Å². The van der Waals surface area contributed by atoms with E-state index < -0.39 is 0 Å². The van der Waals surface area contributed by atoms with Gasteiger partial charge in [0.25, 0.3) is 0 Å². The zero-order chi connectivity index (χ0) is 17.1. The van der Waals surface area contributed by atoms with Crippen LogP contribution < -0.4 is 0 Å². The van der Waals surface area contributed by atoms with Crippen molar-refractivity contribution in [3.05, 3.63) is 78.0 Å². The van der Waals surface area contributed by atoms with Crippen molar-refractivity contribution < 1.29 is 4.42 Å². The van der Waals surface area contributed by atoms with Gasteiger partial charge in [0.1, 0.15) is 10.7 Å². The Balaban J connectivity index is 1.79. The molecule has 0 aliphatic carbocycles. The van der Waals surface area contributed by atoms with Gasteiger partial charge >= 0.3 is 0 Å². The number of aromatic nitrogens is 3. The van der Waals surface area contributed by atoms with Crippen molar-refractivity contribution in [2.24, 2.45) is 0 Å². The van der Waals surface area contributed by atoms with Crippen molar-refractivity contribution in [2.75, 3.05) is 0 Å². The SMILES string of the molecule is Clc1ccc(Sc2nc(-c3ccco3)nnc2-c2ccccc2)cc1. The lowest BCUT2D eigenvalue weighted by atomic mass is 10.2. The third-order valence-electron chi connectivity index (χ3n) is 3.47. The Morgan fingerprint density at radius 2 is 1.64 bits per heavy atom. The first kappa shape index (κ1) is 15.9. The van der Waals surface area contributed by atoms with Gasteiger partial charge in [-0.1, -0.05) is 53.7 Å². The summed E-state index contributed by atoms with van der Waals surface area (Å²) >= 11 is 7.49. The second kappa shape index (κ2) is 7.09. The van der Waals surface area contributed by atoms with Crippen LogP contribution in [0, 0.1) is 0 Å². The Morgan fingerprint density at radius 3 is 2.36 bits per heavy atom. The van der Waals surface area contributed by atoms with E-state index in [4.69, 9.17) is 16.0 Å². The summed E-state index contributed by atoms with van der Waals surface area (Å²) in [6, 6.07) is 21.1. The molecule has 4 rings (SSSR count). The van der Waals surface area contributed by atoms with E-state index in [0.717, 1.165) is 21.2 Å². The Hall–Kier alpha value is -2.63. The van der Waals surface area contributed by atoms with Crippen molar-refractivity contribution in [1.82, 2.24) is 15.2 Å². The number of benzene rings is 2. The number of nitrogens with zero attached hydrogens (tertiary/aromatic N) is 3. The van der Waals surface area contributed by atoms with E-state index in [1.807, 2.05) is 60.7 Å². The molecular weight excluding hydrogens is 354 g/mol. The fourth-order valence-electron chi connectivity index (χ4n) is 2.28. The highest BCUT2D eigenvalue weighted by atomic mass is 35.5. The molecule has 0 amide bonds. The minimum atomic E-state index is 0.459. The fourth-order valence-corrected chi connectivity index (χ4v) is 3.29. The molecule has 0 aliphatic heterocycles. The zero-order valence-electron chi connectivity index (χ0n) is 13.0. The Kier molecular flexibility index (Phi) is 4.50. The number of hydrogen-bond acceptors (Lipinski definition) is 5. The number of halogens is 1. The van der Waals surface area contributed by atoms with Gasteiger partial charge in [-0.25, -0.2) is 4.98 Å². The van der Waals surface area contributed by atoms with Gasteiger partial charge in [0.2, 0.25) is 5.82 Å². The van der Waals surface area contributed by atoms with E-state index in [1.165, 1.54) is 11.8 Å². The molecule has 25 heavy (non-hydrogen) atoms. The smallest absolute Gasteiger partial charge is 0.218 e. The average Bonchev–Trinajstić information content (AvgIpc) is 3.19. The van der Waals surface area contributed by atoms with Crippen LogP contribution in [0.2, 0.25) is 5.02 Å². The number of hydrogen-bond donors (Lipinski definition) is 0. The third kappa shape index (κ3) is 3.57. The minimum Gasteiger partial charge on any atom is -0.461 e. The van der Waals surface area contributed by atoms with E-state index in [0.29, 0.717) is 16.6 Å². The van der Waals surface area contributed by atoms with E-state index in [2.05, 4.69) is 15.2 Å². The highest BCUT2D eigenvalue weighted by Crippen LogP contribution is 2.34. The van der Waals surface area contributed by atoms with Crippen molar-refractivity contribution in [3.63, 3.8) is 0 Å². The van der Waals surface area contributed by atoms with Crippen LogP contribution in [0.4, 0.5) is 0 Å². The lowest BCUT2D eigenvalue weighted by Crippen LogP contribution is -1.98. The molecule has 0 saturated carbocycles. The number of rotatable bonds is 4. The van der Waals surface area contributed by atoms with Crippen LogP contribution in [-0.4, -0.2) is 15.2 Å². The topological polar surface area (TPSA) is 51.8 Å². The van der Waals surface area contributed by atoms with Gasteiger partial charge < -0.3 is 4.42 Å². The fraction of sp³-hybridized carbons (Fsp3) is 0. The molecule has 4 nitrogen and oxygen atoms in total. The largest absolute Gasteiger partial charge is 0.461 e. The lowest BCUT2D eigenvalue weighted by Gasteiger charge is -2.08. The third-order valence-corrected chi connectivity index (χ3v) is 4.71. The second-order valence-corrected chi connectivity index (χ2v) is 6.69. The standard InChI is InChI=1S/C19H12ClN3OS/c20-14-8-10-15(11-9-14)25-19-17(13-5-2-1-3-6-13)22-23-18(21-19)16-7-4-12-24-16/h1-12H. The molecule has 0 bridgehead atoms. The molecule has 0 atom stereocenters. The molecule has 0 unspecified atom stereocenters. The highest BCUT2D eigenvalue weighted by molar-refractivity contribution is 7.99. The van der Waals surface area contributed by atoms with Crippen LogP contribution in [-0.2, 0) is 0 Å². The van der Waals surface area contributed by atoms with E-state index in [1.54, 1.807) is 12.3 Å². The first-order valence-electron chi connectivity index (χ1n) is 7.57. The molecule has 122 valence electrons. The maximum Gasteiger partial charge on any atom is 0.218 e. The van der Waals surface area contributed by atoms with Gasteiger partial charge in [0.05, 0.1) is 6.26 Å². The maximum atomic E-state index is 5.97. The van der Waals surface area contributed by atoms with Gasteiger partial charge in [0, 0.05) is 15.5 Å². The molecule has 6 heteroatoms. The van der Waals surface area contributed by atoms with E-state index in [-0.39, 0.29) is 0 Å². The quantitative estimate of drug-likeness (QED) is 0.471. The van der Waals surface area contributed by atoms with Crippen molar-refractivity contribution in [3.8, 4) is 22.8 Å². The molecule has 0 radical (unpaired) electrons. The van der Waals surface area contributed by atoms with Crippen LogP contribution in [0.3, 0.4) is 0 Å². The molecule has 2 aromatic heterocycles. The zero-order valence-corrected chi connectivity index (χ0v) is 14.5. The molecule has 0 N–H and O–H groups in total. The minimum absolute atomic E-state index is 0.459. The second-order valence-electron chi connectivity index (χ2n) is 5.19. The molecule has 4 aromatic rings. The predicted octanol–water partition coefficient (Wildman–Crippen LogP) is 5.60. The molecule has 2 aromatic carbocycles. The molecule has 2 heterocycles. The normalized spacial score (nSPS) is 10.8. The summed E-state index contributed by atoms with van der Waals surface area (Å²) in [5, 5.41) is 10.1. The van der Waals surface area contributed by atoms with E-state index in [9.17, 15) is 0 Å². The Bertz CT molecular complexity index is 973. The first-order valence-corrected chi connectivity index (χ1v) is 8.76. The summed E-state index contributed by atoms with van der Waals surface area (Å²) in [5.74, 6) is 1.05. The first-order chi connectivity index (χ1) is 12.3. The van der Waals surface area contributed by atoms with Crippen LogP contribution in [0.15, 0.2) is 87.3 Å². The van der Waals surface area contributed by atoms with Crippen molar-refractivity contribution >= 4 is 23.4 Å². The van der Waals surface area contributed by atoms with Gasteiger partial charge in [0.15, 0.2) is 5.76 Å². The van der Waals surface area contributed by atoms with Gasteiger partial charge in [-0.2, -0.15) is 0 Å². The number of furan rings is 1. The highest BCUT2D eigenvalue weighted by Gasteiger charge is 2.15. The van der Waals surface area contributed by atoms with Gasteiger partial charge in [-0.05, 0) is 36.4 Å². The molecular formula is C19H12ClN3OS. The Morgan fingerprint density at radius 1 is 0.840 bits per heavy atom. The maximum absolute atomic E-state index is 5.97. The molecule has 0 saturated heterocycles.